The Balaban J connectivity index is 1.93. The molecule has 0 radical (unpaired) electrons. The fourth-order valence-corrected chi connectivity index (χ4v) is 2.97. The zero-order chi connectivity index (χ0) is 18.6. The Bertz CT molecular complexity index is 662. The summed E-state index contributed by atoms with van der Waals surface area (Å²) in [6.07, 6.45) is 2.20. The van der Waals surface area contributed by atoms with Crippen LogP contribution in [0.2, 0.25) is 0 Å². The van der Waals surface area contributed by atoms with Gasteiger partial charge in [-0.1, -0.05) is 0 Å². The van der Waals surface area contributed by atoms with Gasteiger partial charge in [-0.3, -0.25) is 4.90 Å². The van der Waals surface area contributed by atoms with Crippen LogP contribution in [0.1, 0.15) is 54.9 Å². The van der Waals surface area contributed by atoms with Crippen molar-refractivity contribution in [3.05, 3.63) is 6.20 Å². The second-order valence-electron chi connectivity index (χ2n) is 8.72. The smallest absolute Gasteiger partial charge is 0.443 e. The summed E-state index contributed by atoms with van der Waals surface area (Å²) >= 11 is 0. The number of fused-ring (bicyclic) bond motifs is 1. The highest BCUT2D eigenvalue weighted by molar-refractivity contribution is 6.64. The fraction of sp³-hybridized carbons (Fsp3) is 0.765. The lowest BCUT2D eigenvalue weighted by atomic mass is 9.80. The van der Waals surface area contributed by atoms with Gasteiger partial charge >= 0.3 is 13.2 Å². The van der Waals surface area contributed by atoms with E-state index in [1.54, 1.807) is 11.1 Å². The number of hydrogen-bond donors (Lipinski definition) is 0. The number of amides is 1. The Morgan fingerprint density at radius 1 is 1.20 bits per heavy atom. The van der Waals surface area contributed by atoms with E-state index in [0.717, 1.165) is 18.4 Å². The van der Waals surface area contributed by atoms with Crippen molar-refractivity contribution in [3.63, 3.8) is 0 Å². The minimum absolute atomic E-state index is 0.369. The number of hydrogen-bond acceptors (Lipinski definition) is 5. The van der Waals surface area contributed by atoms with Crippen LogP contribution in [0.25, 0.3) is 0 Å². The van der Waals surface area contributed by atoms with Crippen LogP contribution in [0.15, 0.2) is 6.20 Å². The molecule has 3 rings (SSSR count). The highest BCUT2D eigenvalue weighted by atomic mass is 16.7. The van der Waals surface area contributed by atoms with Crippen LogP contribution in [0, 0.1) is 0 Å². The van der Waals surface area contributed by atoms with E-state index in [1.807, 2.05) is 53.1 Å². The highest BCUT2D eigenvalue weighted by Crippen LogP contribution is 2.37. The summed E-state index contributed by atoms with van der Waals surface area (Å²) in [7, 11) is -0.559. The van der Waals surface area contributed by atoms with Gasteiger partial charge in [0.1, 0.15) is 11.4 Å². The molecule has 0 atom stereocenters. The molecule has 0 spiro atoms. The summed E-state index contributed by atoms with van der Waals surface area (Å²) in [5.41, 5.74) is -0.677. The fourth-order valence-electron chi connectivity index (χ4n) is 2.97. The zero-order valence-electron chi connectivity index (χ0n) is 16.3. The van der Waals surface area contributed by atoms with Gasteiger partial charge in [-0.25, -0.2) is 9.48 Å². The predicted molar refractivity (Wildman–Crippen MR) is 96.1 cm³/mol. The molecule has 3 heterocycles. The Kier molecular flexibility index (Phi) is 4.19. The maximum absolute atomic E-state index is 12.7. The molecule has 1 aromatic heterocycles. The molecule has 1 amide bonds. The molecular weight excluding hydrogens is 321 g/mol. The van der Waals surface area contributed by atoms with Crippen molar-refractivity contribution in [1.29, 1.82) is 0 Å². The standard InChI is InChI=1S/C17H28BN3O4/c1-15(2,3)23-14(22)20-9-8-10-21-13(20)12(11-19-21)18-24-16(4,5)17(6,7)25-18/h11H,8-10H2,1-7H3. The Labute approximate surface area is 149 Å². The quantitative estimate of drug-likeness (QED) is 0.728. The SMILES string of the molecule is CC(C)(C)OC(=O)N1CCCn2ncc(B3OC(C)(C)C(C)(C)O3)c21. The minimum Gasteiger partial charge on any atom is -0.443 e. The van der Waals surface area contributed by atoms with Gasteiger partial charge in [-0.2, -0.15) is 5.10 Å². The van der Waals surface area contributed by atoms with Crippen LogP contribution < -0.4 is 10.4 Å². The molecule has 0 bridgehead atoms. The second kappa shape index (κ2) is 5.74. The van der Waals surface area contributed by atoms with E-state index in [1.165, 1.54) is 0 Å². The molecule has 1 fully saturated rings. The van der Waals surface area contributed by atoms with Crippen LogP contribution in [-0.2, 0) is 20.6 Å². The van der Waals surface area contributed by atoms with Crippen molar-refractivity contribution in [2.24, 2.45) is 0 Å². The average Bonchev–Trinajstić information content (AvgIpc) is 2.95. The molecule has 2 aliphatic heterocycles. The summed E-state index contributed by atoms with van der Waals surface area (Å²) in [4.78, 5) is 14.3. The third-order valence-corrected chi connectivity index (χ3v) is 4.97. The summed E-state index contributed by atoms with van der Waals surface area (Å²) < 4.78 is 19.7. The minimum atomic E-state index is -0.559. The first kappa shape index (κ1) is 18.3. The molecule has 7 nitrogen and oxygen atoms in total. The molecule has 1 saturated heterocycles. The first-order valence-corrected chi connectivity index (χ1v) is 8.83. The highest BCUT2D eigenvalue weighted by Gasteiger charge is 2.53. The van der Waals surface area contributed by atoms with E-state index in [0.29, 0.717) is 12.4 Å². The van der Waals surface area contributed by atoms with Gasteiger partial charge in [0.2, 0.25) is 0 Å². The van der Waals surface area contributed by atoms with Gasteiger partial charge in [0.15, 0.2) is 0 Å². The number of carbonyl (C=O) groups is 1. The lowest BCUT2D eigenvalue weighted by Gasteiger charge is -2.32. The second-order valence-corrected chi connectivity index (χ2v) is 8.72. The maximum Gasteiger partial charge on any atom is 0.500 e. The third kappa shape index (κ3) is 3.29. The largest absolute Gasteiger partial charge is 0.500 e. The summed E-state index contributed by atoms with van der Waals surface area (Å²) in [6.45, 7) is 15.0. The molecule has 1 aromatic rings. The first-order chi connectivity index (χ1) is 11.4. The van der Waals surface area contributed by atoms with Crippen molar-refractivity contribution in [2.45, 2.75) is 78.2 Å². The molecule has 0 aromatic carbocycles. The van der Waals surface area contributed by atoms with Gasteiger partial charge in [0.25, 0.3) is 0 Å². The van der Waals surface area contributed by atoms with Crippen molar-refractivity contribution >= 4 is 24.5 Å². The number of nitrogens with zero attached hydrogens (tertiary/aromatic N) is 3. The Morgan fingerprint density at radius 3 is 2.36 bits per heavy atom. The van der Waals surface area contributed by atoms with Gasteiger partial charge in [-0.05, 0) is 54.9 Å². The molecule has 8 heteroatoms. The van der Waals surface area contributed by atoms with Gasteiger partial charge < -0.3 is 14.0 Å². The summed E-state index contributed by atoms with van der Waals surface area (Å²) in [5.74, 6) is 0.707. The Hall–Kier alpha value is -1.54. The van der Waals surface area contributed by atoms with Gasteiger partial charge in [0, 0.05) is 18.6 Å². The number of aromatic nitrogens is 2. The molecular formula is C17H28BN3O4. The molecule has 0 N–H and O–H groups in total. The topological polar surface area (TPSA) is 65.8 Å². The maximum atomic E-state index is 12.7. The van der Waals surface area contributed by atoms with Crippen LogP contribution in [0.3, 0.4) is 0 Å². The zero-order valence-corrected chi connectivity index (χ0v) is 16.3. The number of aryl methyl sites for hydroxylation is 1. The number of carbonyl (C=O) groups excluding carboxylic acids is 1. The lowest BCUT2D eigenvalue weighted by molar-refractivity contribution is 0.00578. The van der Waals surface area contributed by atoms with Gasteiger partial charge in [-0.15, -0.1) is 0 Å². The third-order valence-electron chi connectivity index (χ3n) is 4.97. The van der Waals surface area contributed by atoms with Crippen LogP contribution >= 0.6 is 0 Å². The molecule has 138 valence electrons. The number of rotatable bonds is 1. The Morgan fingerprint density at radius 2 is 1.80 bits per heavy atom. The van der Waals surface area contributed by atoms with E-state index in [2.05, 4.69) is 5.10 Å². The van der Waals surface area contributed by atoms with Crippen molar-refractivity contribution in [3.8, 4) is 0 Å². The monoisotopic (exact) mass is 349 g/mol. The molecule has 0 saturated carbocycles. The summed E-state index contributed by atoms with van der Waals surface area (Å²) in [5, 5.41) is 4.43. The van der Waals surface area contributed by atoms with Crippen LogP contribution in [0.4, 0.5) is 10.6 Å². The normalized spacial score (nSPS) is 22.0. The molecule has 25 heavy (non-hydrogen) atoms. The van der Waals surface area contributed by atoms with E-state index < -0.39 is 23.9 Å². The van der Waals surface area contributed by atoms with E-state index in [9.17, 15) is 4.79 Å². The number of anilines is 1. The first-order valence-electron chi connectivity index (χ1n) is 8.83. The van der Waals surface area contributed by atoms with Crippen molar-refractivity contribution in [1.82, 2.24) is 9.78 Å². The molecule has 0 unspecified atom stereocenters. The number of ether oxygens (including phenoxy) is 1. The van der Waals surface area contributed by atoms with Gasteiger partial charge in [0.05, 0.1) is 17.4 Å². The molecule has 2 aliphatic rings. The van der Waals surface area contributed by atoms with E-state index in [-0.39, 0.29) is 6.09 Å². The molecule has 0 aliphatic carbocycles. The average molecular weight is 349 g/mol. The predicted octanol–water partition coefficient (Wildman–Crippen LogP) is 2.33. The van der Waals surface area contributed by atoms with Crippen molar-refractivity contribution < 1.29 is 18.8 Å². The van der Waals surface area contributed by atoms with Crippen LogP contribution in [0.5, 0.6) is 0 Å². The van der Waals surface area contributed by atoms with Crippen molar-refractivity contribution in [2.75, 3.05) is 11.4 Å². The van der Waals surface area contributed by atoms with E-state index >= 15 is 0 Å². The van der Waals surface area contributed by atoms with E-state index in [4.69, 9.17) is 14.0 Å². The lowest BCUT2D eigenvalue weighted by Crippen LogP contribution is -2.46. The van der Waals surface area contributed by atoms with Crippen LogP contribution in [-0.4, -0.2) is 46.3 Å². The summed E-state index contributed by atoms with van der Waals surface area (Å²) in [6, 6.07) is 0.